The Kier molecular flexibility index (Phi) is 2.88. The Hall–Kier alpha value is -1.72. The second-order valence-electron chi connectivity index (χ2n) is 2.92. The van der Waals surface area contributed by atoms with Crippen molar-refractivity contribution in [3.8, 4) is 11.5 Å². The van der Waals surface area contributed by atoms with Crippen molar-refractivity contribution in [1.29, 1.82) is 0 Å². The fraction of sp³-hybridized carbons (Fsp3) is 0.222. The Morgan fingerprint density at radius 1 is 1.20 bits per heavy atom. The molecule has 15 heavy (non-hydrogen) atoms. The summed E-state index contributed by atoms with van der Waals surface area (Å²) < 4.78 is 35.6. The molecule has 1 rings (SSSR count). The summed E-state index contributed by atoms with van der Waals surface area (Å²) in [5.41, 5.74) is -0.00683. The SMILES string of the molecule is O=C(Cc1ccc(O)c(O)c1)C(F)(F)F. The number of carbonyl (C=O) groups is 1. The molecule has 0 fully saturated rings. The molecule has 0 unspecified atom stereocenters. The zero-order chi connectivity index (χ0) is 11.6. The Morgan fingerprint density at radius 3 is 2.27 bits per heavy atom. The van der Waals surface area contributed by atoms with Gasteiger partial charge in [-0.1, -0.05) is 6.07 Å². The second-order valence-corrected chi connectivity index (χ2v) is 2.92. The summed E-state index contributed by atoms with van der Waals surface area (Å²) in [6, 6.07) is 3.08. The van der Waals surface area contributed by atoms with Crippen LogP contribution in [0.3, 0.4) is 0 Å². The predicted molar refractivity (Wildman–Crippen MR) is 44.5 cm³/mol. The molecular formula is C9H7F3O3. The largest absolute Gasteiger partial charge is 0.504 e. The smallest absolute Gasteiger partial charge is 0.450 e. The van der Waals surface area contributed by atoms with Gasteiger partial charge < -0.3 is 10.2 Å². The van der Waals surface area contributed by atoms with Crippen LogP contribution < -0.4 is 0 Å². The first-order chi connectivity index (χ1) is 6.80. The lowest BCUT2D eigenvalue weighted by atomic mass is 10.1. The number of alkyl halides is 3. The van der Waals surface area contributed by atoms with E-state index < -0.39 is 29.9 Å². The van der Waals surface area contributed by atoms with E-state index in [9.17, 15) is 18.0 Å². The maximum atomic E-state index is 11.9. The lowest BCUT2D eigenvalue weighted by molar-refractivity contribution is -0.170. The van der Waals surface area contributed by atoms with E-state index in [0.29, 0.717) is 0 Å². The van der Waals surface area contributed by atoms with Gasteiger partial charge in [0.1, 0.15) is 0 Å². The Bertz CT molecular complexity index is 385. The summed E-state index contributed by atoms with van der Waals surface area (Å²) in [5.74, 6) is -2.90. The van der Waals surface area contributed by atoms with Crippen molar-refractivity contribution in [2.24, 2.45) is 0 Å². The van der Waals surface area contributed by atoms with Crippen LogP contribution in [0, 0.1) is 0 Å². The topological polar surface area (TPSA) is 57.5 Å². The third-order valence-corrected chi connectivity index (χ3v) is 1.72. The van der Waals surface area contributed by atoms with E-state index in [-0.39, 0.29) is 5.56 Å². The first-order valence-electron chi connectivity index (χ1n) is 3.91. The highest BCUT2D eigenvalue weighted by molar-refractivity contribution is 5.86. The molecule has 0 aliphatic rings. The number of rotatable bonds is 2. The number of carbonyl (C=O) groups excluding carboxylic acids is 1. The van der Waals surface area contributed by atoms with Gasteiger partial charge in [-0.3, -0.25) is 4.79 Å². The normalized spacial score (nSPS) is 11.4. The third kappa shape index (κ3) is 2.87. The summed E-state index contributed by atoms with van der Waals surface area (Å²) in [4.78, 5) is 10.6. The lowest BCUT2D eigenvalue weighted by Gasteiger charge is -2.05. The van der Waals surface area contributed by atoms with Crippen LogP contribution in [0.15, 0.2) is 18.2 Å². The fourth-order valence-corrected chi connectivity index (χ4v) is 0.965. The van der Waals surface area contributed by atoms with Crippen LogP contribution in [-0.2, 0) is 11.2 Å². The van der Waals surface area contributed by atoms with E-state index >= 15 is 0 Å². The molecule has 82 valence electrons. The van der Waals surface area contributed by atoms with Gasteiger partial charge in [-0.2, -0.15) is 13.2 Å². The summed E-state index contributed by atoms with van der Waals surface area (Å²) in [7, 11) is 0. The van der Waals surface area contributed by atoms with E-state index in [1.807, 2.05) is 0 Å². The van der Waals surface area contributed by atoms with Gasteiger partial charge in [0.2, 0.25) is 5.78 Å². The number of halogens is 3. The fourth-order valence-electron chi connectivity index (χ4n) is 0.965. The summed E-state index contributed by atoms with van der Waals surface area (Å²) in [5, 5.41) is 17.9. The maximum absolute atomic E-state index is 11.9. The Balaban J connectivity index is 2.83. The highest BCUT2D eigenvalue weighted by Gasteiger charge is 2.37. The van der Waals surface area contributed by atoms with Gasteiger partial charge in [0, 0.05) is 6.42 Å². The minimum atomic E-state index is -4.88. The van der Waals surface area contributed by atoms with Gasteiger partial charge in [-0.15, -0.1) is 0 Å². The molecule has 0 saturated heterocycles. The quantitative estimate of drug-likeness (QED) is 0.747. The van der Waals surface area contributed by atoms with Gasteiger partial charge >= 0.3 is 6.18 Å². The number of phenols is 2. The van der Waals surface area contributed by atoms with Crippen LogP contribution in [0.4, 0.5) is 13.2 Å². The molecule has 3 nitrogen and oxygen atoms in total. The molecule has 0 aromatic heterocycles. The molecule has 0 radical (unpaired) electrons. The number of ketones is 1. The molecule has 0 saturated carbocycles. The lowest BCUT2D eigenvalue weighted by Crippen LogP contribution is -2.24. The van der Waals surface area contributed by atoms with Crippen LogP contribution >= 0.6 is 0 Å². The van der Waals surface area contributed by atoms with Crippen LogP contribution in [0.1, 0.15) is 5.56 Å². The number of hydrogen-bond acceptors (Lipinski definition) is 3. The number of phenolic OH excluding ortho intramolecular Hbond substituents is 2. The van der Waals surface area contributed by atoms with Gasteiger partial charge in [0.25, 0.3) is 0 Å². The molecule has 6 heteroatoms. The first-order valence-corrected chi connectivity index (χ1v) is 3.91. The van der Waals surface area contributed by atoms with Crippen LogP contribution in [0.2, 0.25) is 0 Å². The number of benzene rings is 1. The molecule has 0 spiro atoms. The van der Waals surface area contributed by atoms with Crippen molar-refractivity contribution in [3.63, 3.8) is 0 Å². The molecule has 0 heterocycles. The molecule has 0 amide bonds. The van der Waals surface area contributed by atoms with Crippen molar-refractivity contribution in [1.82, 2.24) is 0 Å². The van der Waals surface area contributed by atoms with Crippen molar-refractivity contribution < 1.29 is 28.2 Å². The Morgan fingerprint density at radius 2 is 1.80 bits per heavy atom. The molecule has 0 bridgehead atoms. The highest BCUT2D eigenvalue weighted by Crippen LogP contribution is 2.26. The molecule has 0 atom stereocenters. The number of hydrogen-bond donors (Lipinski definition) is 2. The standard InChI is InChI=1S/C9H7F3O3/c10-9(11,12)8(15)4-5-1-2-6(13)7(14)3-5/h1-3,13-14H,4H2. The maximum Gasteiger partial charge on any atom is 0.450 e. The summed E-state index contributed by atoms with van der Waals surface area (Å²) in [6.45, 7) is 0. The van der Waals surface area contributed by atoms with E-state index in [2.05, 4.69) is 0 Å². The molecule has 1 aromatic carbocycles. The second kappa shape index (κ2) is 3.80. The average molecular weight is 220 g/mol. The predicted octanol–water partition coefficient (Wildman–Crippen LogP) is 1.77. The minimum absolute atomic E-state index is 0.00683. The van der Waals surface area contributed by atoms with Gasteiger partial charge in [0.05, 0.1) is 0 Å². The average Bonchev–Trinajstić information content (AvgIpc) is 2.10. The van der Waals surface area contributed by atoms with E-state index in [4.69, 9.17) is 10.2 Å². The number of aromatic hydroxyl groups is 2. The first kappa shape index (κ1) is 11.4. The number of Topliss-reactive ketones (excluding diaryl/α,β-unsaturated/α-hetero) is 1. The van der Waals surface area contributed by atoms with Gasteiger partial charge in [-0.25, -0.2) is 0 Å². The van der Waals surface area contributed by atoms with Crippen molar-refractivity contribution in [2.75, 3.05) is 0 Å². The summed E-state index contributed by atoms with van der Waals surface area (Å²) >= 11 is 0. The molecule has 1 aromatic rings. The van der Waals surface area contributed by atoms with E-state index in [1.54, 1.807) is 0 Å². The monoisotopic (exact) mass is 220 g/mol. The summed E-state index contributed by atoms with van der Waals surface area (Å²) in [6.07, 6.45) is -5.73. The minimum Gasteiger partial charge on any atom is -0.504 e. The molecule has 2 N–H and O–H groups in total. The van der Waals surface area contributed by atoms with Crippen LogP contribution in [-0.4, -0.2) is 22.2 Å². The van der Waals surface area contributed by atoms with Crippen molar-refractivity contribution in [2.45, 2.75) is 12.6 Å². The zero-order valence-electron chi connectivity index (χ0n) is 7.38. The van der Waals surface area contributed by atoms with Gasteiger partial charge in [-0.05, 0) is 17.7 Å². The van der Waals surface area contributed by atoms with Gasteiger partial charge in [0.15, 0.2) is 11.5 Å². The van der Waals surface area contributed by atoms with Crippen molar-refractivity contribution >= 4 is 5.78 Å². The highest BCUT2D eigenvalue weighted by atomic mass is 19.4. The molecular weight excluding hydrogens is 213 g/mol. The molecule has 0 aliphatic heterocycles. The molecule has 0 aliphatic carbocycles. The van der Waals surface area contributed by atoms with Crippen LogP contribution in [0.5, 0.6) is 11.5 Å². The van der Waals surface area contributed by atoms with Crippen molar-refractivity contribution in [3.05, 3.63) is 23.8 Å². The third-order valence-electron chi connectivity index (χ3n) is 1.72. The van der Waals surface area contributed by atoms with Crippen LogP contribution in [0.25, 0.3) is 0 Å². The Labute approximate surface area is 82.8 Å². The van der Waals surface area contributed by atoms with E-state index in [1.165, 1.54) is 0 Å². The van der Waals surface area contributed by atoms with E-state index in [0.717, 1.165) is 18.2 Å². The zero-order valence-corrected chi connectivity index (χ0v) is 7.38.